The summed E-state index contributed by atoms with van der Waals surface area (Å²) in [7, 11) is 0. The molecule has 0 aromatic carbocycles. The van der Waals surface area contributed by atoms with E-state index < -0.39 is 0 Å². The Morgan fingerprint density at radius 3 is 2.38 bits per heavy atom. The molecular formula is C15H28O. The van der Waals surface area contributed by atoms with Crippen molar-refractivity contribution >= 4 is 5.78 Å². The fourth-order valence-electron chi connectivity index (χ4n) is 2.09. The molecule has 1 heteroatoms. The summed E-state index contributed by atoms with van der Waals surface area (Å²) in [6, 6.07) is 0. The van der Waals surface area contributed by atoms with Crippen LogP contribution in [0, 0.1) is 11.3 Å². The Hall–Kier alpha value is -0.590. The molecule has 0 amide bonds. The first-order valence-electron chi connectivity index (χ1n) is 6.52. The van der Waals surface area contributed by atoms with Gasteiger partial charge in [0.15, 0.2) is 0 Å². The summed E-state index contributed by atoms with van der Waals surface area (Å²) in [5.41, 5.74) is 0.331. The van der Waals surface area contributed by atoms with Crippen LogP contribution in [0.15, 0.2) is 12.2 Å². The molecular weight excluding hydrogens is 196 g/mol. The predicted octanol–water partition coefficient (Wildman–Crippen LogP) is 4.76. The third kappa shape index (κ3) is 9.95. The first-order chi connectivity index (χ1) is 7.35. The van der Waals surface area contributed by atoms with E-state index in [4.69, 9.17) is 0 Å². The van der Waals surface area contributed by atoms with Gasteiger partial charge in [-0.25, -0.2) is 0 Å². The zero-order valence-corrected chi connectivity index (χ0v) is 11.7. The van der Waals surface area contributed by atoms with Crippen LogP contribution in [-0.2, 0) is 4.79 Å². The van der Waals surface area contributed by atoms with E-state index in [9.17, 15) is 4.79 Å². The highest BCUT2D eigenvalue weighted by atomic mass is 16.1. The van der Waals surface area contributed by atoms with Crippen molar-refractivity contribution in [3.05, 3.63) is 12.2 Å². The van der Waals surface area contributed by atoms with E-state index in [-0.39, 0.29) is 0 Å². The van der Waals surface area contributed by atoms with Crippen molar-refractivity contribution in [1.82, 2.24) is 0 Å². The molecule has 0 aromatic heterocycles. The summed E-state index contributed by atoms with van der Waals surface area (Å²) in [4.78, 5) is 11.7. The Kier molecular flexibility index (Phi) is 7.36. The van der Waals surface area contributed by atoms with E-state index in [1.54, 1.807) is 0 Å². The minimum atomic E-state index is 0.331. The Morgan fingerprint density at radius 1 is 1.25 bits per heavy atom. The molecule has 0 fully saturated rings. The van der Waals surface area contributed by atoms with Gasteiger partial charge in [-0.15, -0.1) is 0 Å². The summed E-state index contributed by atoms with van der Waals surface area (Å²) >= 11 is 0. The topological polar surface area (TPSA) is 17.1 Å². The highest BCUT2D eigenvalue weighted by molar-refractivity contribution is 5.80. The summed E-state index contributed by atoms with van der Waals surface area (Å²) in [6.07, 6.45) is 8.86. The highest BCUT2D eigenvalue weighted by Crippen LogP contribution is 2.26. The molecule has 0 spiro atoms. The van der Waals surface area contributed by atoms with Gasteiger partial charge >= 0.3 is 0 Å². The van der Waals surface area contributed by atoms with Crippen LogP contribution in [0.1, 0.15) is 66.7 Å². The number of carbonyl (C=O) groups is 1. The lowest BCUT2D eigenvalue weighted by Gasteiger charge is -2.22. The number of Topliss-reactive ketones (excluding diaryl/α,β-unsaturated/α-hetero) is 1. The average Bonchev–Trinajstić information content (AvgIpc) is 2.09. The van der Waals surface area contributed by atoms with Crippen molar-refractivity contribution < 1.29 is 4.79 Å². The SMILES string of the molecule is CCCC=CCC(=O)CC(C)CC(C)(C)C. The van der Waals surface area contributed by atoms with E-state index in [1.807, 2.05) is 6.08 Å². The third-order valence-corrected chi connectivity index (χ3v) is 2.50. The van der Waals surface area contributed by atoms with Gasteiger partial charge < -0.3 is 0 Å². The maximum Gasteiger partial charge on any atom is 0.136 e. The smallest absolute Gasteiger partial charge is 0.136 e. The first kappa shape index (κ1) is 15.4. The molecule has 0 aromatic rings. The van der Waals surface area contributed by atoms with Crippen LogP contribution in [0.4, 0.5) is 0 Å². The maximum atomic E-state index is 11.7. The second kappa shape index (κ2) is 7.65. The second-order valence-corrected chi connectivity index (χ2v) is 6.08. The molecule has 0 N–H and O–H groups in total. The second-order valence-electron chi connectivity index (χ2n) is 6.08. The summed E-state index contributed by atoms with van der Waals surface area (Å²) in [5, 5.41) is 0. The molecule has 1 nitrogen and oxygen atoms in total. The van der Waals surface area contributed by atoms with E-state index in [0.29, 0.717) is 23.5 Å². The number of hydrogen-bond donors (Lipinski definition) is 0. The van der Waals surface area contributed by atoms with Crippen molar-refractivity contribution in [2.45, 2.75) is 66.7 Å². The molecule has 0 aliphatic heterocycles. The van der Waals surface area contributed by atoms with Crippen LogP contribution < -0.4 is 0 Å². The molecule has 16 heavy (non-hydrogen) atoms. The number of hydrogen-bond acceptors (Lipinski definition) is 1. The Balaban J connectivity index is 3.79. The van der Waals surface area contributed by atoms with Gasteiger partial charge in [0.05, 0.1) is 0 Å². The molecule has 1 unspecified atom stereocenters. The fourth-order valence-corrected chi connectivity index (χ4v) is 2.09. The molecule has 0 rings (SSSR count). The summed E-state index contributed by atoms with van der Waals surface area (Å²) in [5.74, 6) is 0.885. The highest BCUT2D eigenvalue weighted by Gasteiger charge is 2.16. The predicted molar refractivity (Wildman–Crippen MR) is 71.5 cm³/mol. The maximum absolute atomic E-state index is 11.7. The van der Waals surface area contributed by atoms with Gasteiger partial charge in [0, 0.05) is 12.8 Å². The molecule has 94 valence electrons. The van der Waals surface area contributed by atoms with Crippen LogP contribution in [0.3, 0.4) is 0 Å². The molecule has 0 saturated heterocycles. The minimum Gasteiger partial charge on any atom is -0.299 e. The van der Waals surface area contributed by atoms with Gasteiger partial charge in [-0.3, -0.25) is 4.79 Å². The normalized spacial score (nSPS) is 14.3. The van der Waals surface area contributed by atoms with Gasteiger partial charge in [-0.05, 0) is 24.2 Å². The van der Waals surface area contributed by atoms with Crippen molar-refractivity contribution in [2.24, 2.45) is 11.3 Å². The van der Waals surface area contributed by atoms with Crippen molar-refractivity contribution in [2.75, 3.05) is 0 Å². The number of ketones is 1. The van der Waals surface area contributed by atoms with Crippen LogP contribution in [0.25, 0.3) is 0 Å². The average molecular weight is 224 g/mol. The van der Waals surface area contributed by atoms with Crippen LogP contribution in [0.5, 0.6) is 0 Å². The lowest BCUT2D eigenvalue weighted by atomic mass is 9.83. The molecule has 0 radical (unpaired) electrons. The molecule has 1 atom stereocenters. The van der Waals surface area contributed by atoms with Gasteiger partial charge in [-0.2, -0.15) is 0 Å². The third-order valence-electron chi connectivity index (χ3n) is 2.50. The van der Waals surface area contributed by atoms with Gasteiger partial charge in [0.1, 0.15) is 5.78 Å². The van der Waals surface area contributed by atoms with E-state index >= 15 is 0 Å². The standard InChI is InChI=1S/C15H28O/c1-6-7-8-9-10-14(16)11-13(2)12-15(3,4)5/h8-9,13H,6-7,10-12H2,1-5H3. The molecule has 0 bridgehead atoms. The number of allylic oxidation sites excluding steroid dienone is 2. The summed E-state index contributed by atoms with van der Waals surface area (Å²) < 4.78 is 0. The summed E-state index contributed by atoms with van der Waals surface area (Å²) in [6.45, 7) is 11.0. The molecule has 0 heterocycles. The van der Waals surface area contributed by atoms with Crippen LogP contribution in [0.2, 0.25) is 0 Å². The van der Waals surface area contributed by atoms with Crippen molar-refractivity contribution in [3.63, 3.8) is 0 Å². The van der Waals surface area contributed by atoms with E-state index in [1.165, 1.54) is 0 Å². The van der Waals surface area contributed by atoms with Crippen molar-refractivity contribution in [1.29, 1.82) is 0 Å². The number of carbonyl (C=O) groups excluding carboxylic acids is 1. The van der Waals surface area contributed by atoms with Crippen LogP contribution in [-0.4, -0.2) is 5.78 Å². The first-order valence-corrected chi connectivity index (χ1v) is 6.52. The lowest BCUT2D eigenvalue weighted by Crippen LogP contribution is -2.13. The molecule has 0 saturated carbocycles. The number of rotatable bonds is 7. The zero-order chi connectivity index (χ0) is 12.6. The van der Waals surface area contributed by atoms with Gasteiger partial charge in [0.2, 0.25) is 0 Å². The monoisotopic (exact) mass is 224 g/mol. The molecule has 0 aliphatic rings. The largest absolute Gasteiger partial charge is 0.299 e. The van der Waals surface area contributed by atoms with Gasteiger partial charge in [0.25, 0.3) is 0 Å². The van der Waals surface area contributed by atoms with Crippen molar-refractivity contribution in [3.8, 4) is 0 Å². The van der Waals surface area contributed by atoms with Crippen LogP contribution >= 0.6 is 0 Å². The Morgan fingerprint density at radius 2 is 1.88 bits per heavy atom. The van der Waals surface area contributed by atoms with E-state index in [2.05, 4.69) is 40.7 Å². The zero-order valence-electron chi connectivity index (χ0n) is 11.7. The Labute approximate surface area is 101 Å². The van der Waals surface area contributed by atoms with Gasteiger partial charge in [-0.1, -0.05) is 53.2 Å². The molecule has 0 aliphatic carbocycles. The lowest BCUT2D eigenvalue weighted by molar-refractivity contribution is -0.119. The Bertz CT molecular complexity index is 220. The minimum absolute atomic E-state index is 0.331. The fraction of sp³-hybridized carbons (Fsp3) is 0.800. The quantitative estimate of drug-likeness (QED) is 0.570. The van der Waals surface area contributed by atoms with E-state index in [0.717, 1.165) is 25.7 Å². The number of unbranched alkanes of at least 4 members (excludes halogenated alkanes) is 1.